The van der Waals surface area contributed by atoms with Crippen molar-refractivity contribution >= 4 is 0 Å². The first-order valence-corrected chi connectivity index (χ1v) is 8.35. The quantitative estimate of drug-likeness (QED) is 0.411. The average molecular weight is 276 g/mol. The van der Waals surface area contributed by atoms with Gasteiger partial charge < -0.3 is 9.69 Å². The van der Waals surface area contributed by atoms with Crippen LogP contribution in [0.15, 0.2) is 0 Å². The van der Waals surface area contributed by atoms with Crippen LogP contribution in [0.4, 0.5) is 0 Å². The summed E-state index contributed by atoms with van der Waals surface area (Å²) in [6, 6.07) is 0. The Morgan fingerprint density at radius 3 is 0.947 bits per heavy atom. The van der Waals surface area contributed by atoms with Gasteiger partial charge in [0.25, 0.3) is 0 Å². The monoisotopic (exact) mass is 275 g/mol. The third-order valence-electron chi connectivity index (χ3n) is 3.94. The average Bonchev–Trinajstić information content (AvgIpc) is 2.48. The van der Waals surface area contributed by atoms with Crippen LogP contribution < -0.4 is 5.90 Å². The van der Waals surface area contributed by atoms with Crippen molar-refractivity contribution in [2.75, 3.05) is 26.2 Å². The van der Waals surface area contributed by atoms with Crippen LogP contribution in [0.25, 0.3) is 0 Å². The number of nitrogens with two attached hydrogens (primary N) is 1. The van der Waals surface area contributed by atoms with Gasteiger partial charge in [-0.25, -0.2) is 5.90 Å². The lowest BCUT2D eigenvalue weighted by molar-refractivity contribution is -0.929. The van der Waals surface area contributed by atoms with E-state index in [0.29, 0.717) is 0 Å². The van der Waals surface area contributed by atoms with E-state index in [1.54, 1.807) is 0 Å². The first kappa shape index (κ1) is 21.2. The zero-order chi connectivity index (χ0) is 15.0. The van der Waals surface area contributed by atoms with Crippen molar-refractivity contribution in [3.63, 3.8) is 0 Å². The van der Waals surface area contributed by atoms with E-state index in [2.05, 4.69) is 33.6 Å². The summed E-state index contributed by atoms with van der Waals surface area (Å²) in [5, 5.41) is 6.50. The molecule has 0 aromatic rings. The predicted molar refractivity (Wildman–Crippen MR) is 85.3 cm³/mol. The number of hydrogen-bond acceptors (Lipinski definition) is 2. The normalized spacial score (nSPS) is 11.1. The number of rotatable bonds is 12. The van der Waals surface area contributed by atoms with Crippen LogP contribution >= 0.6 is 0 Å². The second kappa shape index (κ2) is 15.9. The van der Waals surface area contributed by atoms with Crippen LogP contribution in [-0.4, -0.2) is 35.9 Å². The molecule has 0 aliphatic heterocycles. The van der Waals surface area contributed by atoms with Gasteiger partial charge in [-0.15, -0.1) is 0 Å². The van der Waals surface area contributed by atoms with Crippen LogP contribution in [0.2, 0.25) is 0 Å². The van der Waals surface area contributed by atoms with E-state index < -0.39 is 0 Å². The van der Waals surface area contributed by atoms with Gasteiger partial charge in [0, 0.05) is 0 Å². The summed E-state index contributed by atoms with van der Waals surface area (Å²) >= 11 is 0. The SMILES string of the molecule is CCCC[N+](CCCC)(CCCC)CCCC.NO. The van der Waals surface area contributed by atoms with Gasteiger partial charge in [0.15, 0.2) is 0 Å². The number of quaternary nitrogens is 1. The Bertz CT molecular complexity index is 125. The fraction of sp³-hybridized carbons (Fsp3) is 1.00. The second-order valence-electron chi connectivity index (χ2n) is 5.65. The minimum Gasteiger partial charge on any atom is -0.324 e. The van der Waals surface area contributed by atoms with E-state index in [0.717, 1.165) is 0 Å². The van der Waals surface area contributed by atoms with Gasteiger partial charge in [-0.2, -0.15) is 0 Å². The lowest BCUT2D eigenvalue weighted by Gasteiger charge is -2.39. The van der Waals surface area contributed by atoms with Crippen LogP contribution in [0.3, 0.4) is 0 Å². The van der Waals surface area contributed by atoms with E-state index in [4.69, 9.17) is 5.21 Å². The summed E-state index contributed by atoms with van der Waals surface area (Å²) in [5.41, 5.74) is 0. The van der Waals surface area contributed by atoms with Crippen molar-refractivity contribution in [3.8, 4) is 0 Å². The molecule has 0 rings (SSSR count). The highest BCUT2D eigenvalue weighted by Gasteiger charge is 2.24. The molecule has 0 heterocycles. The fourth-order valence-corrected chi connectivity index (χ4v) is 2.64. The first-order valence-electron chi connectivity index (χ1n) is 8.35. The molecular weight excluding hydrogens is 236 g/mol. The Balaban J connectivity index is 0. The van der Waals surface area contributed by atoms with Crippen LogP contribution in [-0.2, 0) is 0 Å². The van der Waals surface area contributed by atoms with Gasteiger partial charge in [-0.05, 0) is 25.7 Å². The molecule has 0 spiro atoms. The largest absolute Gasteiger partial charge is 0.324 e. The smallest absolute Gasteiger partial charge is 0.0786 e. The molecule has 0 fully saturated rings. The highest BCUT2D eigenvalue weighted by atomic mass is 16.4. The van der Waals surface area contributed by atoms with Gasteiger partial charge in [0.1, 0.15) is 0 Å². The topological polar surface area (TPSA) is 46.2 Å². The molecular formula is C16H39N2O+. The van der Waals surface area contributed by atoms with Crippen molar-refractivity contribution in [1.29, 1.82) is 0 Å². The van der Waals surface area contributed by atoms with Crippen LogP contribution in [0.1, 0.15) is 79.1 Å². The molecule has 118 valence electrons. The van der Waals surface area contributed by atoms with Crippen molar-refractivity contribution in [3.05, 3.63) is 0 Å². The molecule has 3 nitrogen and oxygen atoms in total. The van der Waals surface area contributed by atoms with E-state index in [9.17, 15) is 0 Å². The molecule has 0 aromatic carbocycles. The van der Waals surface area contributed by atoms with Crippen molar-refractivity contribution in [1.82, 2.24) is 0 Å². The molecule has 0 aliphatic carbocycles. The zero-order valence-corrected chi connectivity index (χ0v) is 14.0. The maximum atomic E-state index is 6.50. The molecule has 0 aromatic heterocycles. The summed E-state index contributed by atoms with van der Waals surface area (Å²) in [5.74, 6) is 3.50. The highest BCUT2D eigenvalue weighted by molar-refractivity contribution is 4.49. The Labute approximate surface area is 121 Å². The van der Waals surface area contributed by atoms with E-state index in [-0.39, 0.29) is 0 Å². The molecule has 3 N–H and O–H groups in total. The Kier molecular flexibility index (Phi) is 17.8. The van der Waals surface area contributed by atoms with Crippen LogP contribution in [0.5, 0.6) is 0 Å². The van der Waals surface area contributed by atoms with Gasteiger partial charge in [0.2, 0.25) is 0 Å². The minimum atomic E-state index is 1.35. The standard InChI is InChI=1S/C16H36N.H3NO/c1-5-9-13-17(14-10-6-2,15-11-7-3)16-12-8-4;1-2/h5-16H2,1-4H3;2H,1H2/q+1;. The van der Waals surface area contributed by atoms with Gasteiger partial charge in [-0.1, -0.05) is 53.4 Å². The van der Waals surface area contributed by atoms with E-state index >= 15 is 0 Å². The third-order valence-corrected chi connectivity index (χ3v) is 3.94. The van der Waals surface area contributed by atoms with Crippen molar-refractivity contribution in [2.24, 2.45) is 5.90 Å². The summed E-state index contributed by atoms with van der Waals surface area (Å²) in [6.45, 7) is 15.0. The van der Waals surface area contributed by atoms with Gasteiger partial charge >= 0.3 is 0 Å². The van der Waals surface area contributed by atoms with Crippen molar-refractivity contribution in [2.45, 2.75) is 79.1 Å². The van der Waals surface area contributed by atoms with E-state index in [1.807, 2.05) is 0 Å². The molecule has 3 heteroatoms. The summed E-state index contributed by atoms with van der Waals surface area (Å²) in [7, 11) is 0. The third kappa shape index (κ3) is 11.4. The Morgan fingerprint density at radius 2 is 0.789 bits per heavy atom. The molecule has 0 saturated heterocycles. The first-order chi connectivity index (χ1) is 9.24. The number of unbranched alkanes of at least 4 members (excludes halogenated alkanes) is 4. The Hall–Kier alpha value is -0.120. The maximum Gasteiger partial charge on any atom is 0.0786 e. The van der Waals surface area contributed by atoms with Crippen LogP contribution in [0, 0.1) is 0 Å². The maximum absolute atomic E-state index is 6.50. The molecule has 0 atom stereocenters. The summed E-state index contributed by atoms with van der Waals surface area (Å²) in [6.07, 6.45) is 11.1. The molecule has 0 radical (unpaired) electrons. The Morgan fingerprint density at radius 1 is 0.579 bits per heavy atom. The molecule has 0 amide bonds. The molecule has 0 bridgehead atoms. The lowest BCUT2D eigenvalue weighted by atomic mass is 10.1. The zero-order valence-electron chi connectivity index (χ0n) is 14.0. The van der Waals surface area contributed by atoms with Gasteiger partial charge in [0.05, 0.1) is 26.2 Å². The lowest BCUT2D eigenvalue weighted by Crippen LogP contribution is -2.50. The van der Waals surface area contributed by atoms with E-state index in [1.165, 1.54) is 82.0 Å². The fourth-order valence-electron chi connectivity index (χ4n) is 2.64. The predicted octanol–water partition coefficient (Wildman–Crippen LogP) is 4.34. The molecule has 19 heavy (non-hydrogen) atoms. The molecule has 0 aliphatic rings. The molecule has 0 saturated carbocycles. The summed E-state index contributed by atoms with van der Waals surface area (Å²) < 4.78 is 1.42. The van der Waals surface area contributed by atoms with Gasteiger partial charge in [-0.3, -0.25) is 0 Å². The number of nitrogens with zero attached hydrogens (tertiary/aromatic N) is 1. The minimum absolute atomic E-state index is 1.35. The molecule has 0 unspecified atom stereocenters. The highest BCUT2D eigenvalue weighted by Crippen LogP contribution is 2.16. The second-order valence-corrected chi connectivity index (χ2v) is 5.65. The van der Waals surface area contributed by atoms with Crippen molar-refractivity contribution < 1.29 is 9.69 Å². The summed E-state index contributed by atoms with van der Waals surface area (Å²) in [4.78, 5) is 0. The number of hydrogen-bond donors (Lipinski definition) is 2.